The zero-order valence-corrected chi connectivity index (χ0v) is 16.0. The van der Waals surface area contributed by atoms with Gasteiger partial charge in [-0.15, -0.1) is 11.3 Å². The summed E-state index contributed by atoms with van der Waals surface area (Å²) < 4.78 is 39.6. The maximum atomic E-state index is 13.7. The van der Waals surface area contributed by atoms with Crippen molar-refractivity contribution in [3.63, 3.8) is 0 Å². The highest BCUT2D eigenvalue weighted by molar-refractivity contribution is 7.18. The van der Waals surface area contributed by atoms with Gasteiger partial charge in [0.1, 0.15) is 4.34 Å². The Balaban J connectivity index is 1.77. The molecule has 0 spiro atoms. The van der Waals surface area contributed by atoms with E-state index in [1.165, 1.54) is 6.07 Å². The van der Waals surface area contributed by atoms with E-state index < -0.39 is 30.3 Å². The molecule has 1 atom stereocenters. The fourth-order valence-electron chi connectivity index (χ4n) is 2.68. The molecule has 3 heterocycles. The van der Waals surface area contributed by atoms with Gasteiger partial charge in [-0.1, -0.05) is 23.4 Å². The maximum absolute atomic E-state index is 13.7. The molecular weight excluding hydrogens is 415 g/mol. The summed E-state index contributed by atoms with van der Waals surface area (Å²) in [5.41, 5.74) is -0.801. The summed E-state index contributed by atoms with van der Waals surface area (Å²) in [5, 5.41) is 5.61. The molecule has 0 saturated carbocycles. The molecule has 1 amide bonds. The summed E-state index contributed by atoms with van der Waals surface area (Å²) in [5.74, 6) is 4.14. The number of alkyl halides is 2. The molecule has 28 heavy (non-hydrogen) atoms. The number of halogens is 4. The van der Waals surface area contributed by atoms with Gasteiger partial charge in [-0.05, 0) is 25.5 Å². The zero-order valence-electron chi connectivity index (χ0n) is 14.4. The molecule has 2 aromatic heterocycles. The number of rotatable bonds is 4. The van der Waals surface area contributed by atoms with Gasteiger partial charge in [0.2, 0.25) is 0 Å². The number of hydrogen-bond donors (Lipinski definition) is 2. The molecule has 1 fully saturated rings. The second-order valence-corrected chi connectivity index (χ2v) is 7.75. The Labute approximate surface area is 167 Å². The van der Waals surface area contributed by atoms with Gasteiger partial charge in [-0.3, -0.25) is 9.59 Å². The van der Waals surface area contributed by atoms with Crippen LogP contribution in [0.1, 0.15) is 28.1 Å². The van der Waals surface area contributed by atoms with Gasteiger partial charge in [0.15, 0.2) is 5.82 Å². The highest BCUT2D eigenvalue weighted by Gasteiger charge is 2.16. The van der Waals surface area contributed by atoms with Crippen LogP contribution in [0.15, 0.2) is 23.1 Å². The first-order valence-electron chi connectivity index (χ1n) is 8.37. The van der Waals surface area contributed by atoms with E-state index in [0.29, 0.717) is 14.5 Å². The Morgan fingerprint density at radius 3 is 2.93 bits per heavy atom. The van der Waals surface area contributed by atoms with E-state index in [1.54, 1.807) is 0 Å². The van der Waals surface area contributed by atoms with Gasteiger partial charge in [0.25, 0.3) is 17.9 Å². The zero-order chi connectivity index (χ0) is 20.3. The number of carbonyl (C=O) groups is 1. The highest BCUT2D eigenvalue weighted by Crippen LogP contribution is 2.28. The van der Waals surface area contributed by atoms with Crippen LogP contribution < -0.4 is 16.2 Å². The van der Waals surface area contributed by atoms with Gasteiger partial charge in [0, 0.05) is 12.3 Å². The molecule has 5 nitrogen and oxygen atoms in total. The second kappa shape index (κ2) is 8.82. The molecule has 3 rings (SSSR count). The Hall–Kier alpha value is -2.28. The lowest BCUT2D eigenvalue weighted by Gasteiger charge is -2.09. The first-order chi connectivity index (χ1) is 13.3. The van der Waals surface area contributed by atoms with Crippen LogP contribution in [0.3, 0.4) is 0 Å². The van der Waals surface area contributed by atoms with Crippen LogP contribution in [0.5, 0.6) is 0 Å². The second-order valence-electron chi connectivity index (χ2n) is 6.10. The van der Waals surface area contributed by atoms with E-state index in [9.17, 15) is 22.8 Å². The summed E-state index contributed by atoms with van der Waals surface area (Å²) in [4.78, 5) is 24.2. The predicted molar refractivity (Wildman–Crippen MR) is 102 cm³/mol. The minimum Gasteiger partial charge on any atom is -0.320 e. The third-order valence-electron chi connectivity index (χ3n) is 3.99. The number of carbonyl (C=O) groups excluding carboxylic acids is 1. The first kappa shape index (κ1) is 20.5. The van der Waals surface area contributed by atoms with Crippen molar-refractivity contribution >= 4 is 34.5 Å². The van der Waals surface area contributed by atoms with Crippen molar-refractivity contribution in [2.75, 3.05) is 11.9 Å². The minimum absolute atomic E-state index is 0.0899. The highest BCUT2D eigenvalue weighted by atomic mass is 35.5. The number of nitrogens with zero attached hydrogens (tertiary/aromatic N) is 1. The van der Waals surface area contributed by atoms with Crippen molar-refractivity contribution in [2.24, 2.45) is 0 Å². The van der Waals surface area contributed by atoms with E-state index in [-0.39, 0.29) is 16.6 Å². The lowest BCUT2D eigenvalue weighted by Crippen LogP contribution is -2.26. The van der Waals surface area contributed by atoms with Gasteiger partial charge >= 0.3 is 0 Å². The molecule has 10 heteroatoms. The van der Waals surface area contributed by atoms with Gasteiger partial charge in [-0.25, -0.2) is 13.2 Å². The quantitative estimate of drug-likeness (QED) is 0.733. The lowest BCUT2D eigenvalue weighted by atomic mass is 10.2. The fraction of sp³-hybridized carbons (Fsp3) is 0.333. The normalized spacial score (nSPS) is 16.1. The van der Waals surface area contributed by atoms with E-state index in [0.717, 1.165) is 43.0 Å². The Kier molecular flexibility index (Phi) is 6.44. The Morgan fingerprint density at radius 1 is 1.46 bits per heavy atom. The molecule has 0 aliphatic carbocycles. The molecule has 1 aliphatic heterocycles. The van der Waals surface area contributed by atoms with Gasteiger partial charge in [-0.2, -0.15) is 0 Å². The largest absolute Gasteiger partial charge is 0.320 e. The van der Waals surface area contributed by atoms with E-state index in [1.807, 2.05) is 0 Å². The van der Waals surface area contributed by atoms with Crippen LogP contribution >= 0.6 is 22.9 Å². The molecule has 2 aromatic rings. The molecular formula is C18H15ClF3N3O2S. The standard InChI is InChI=1S/C18H15ClF3N3O2S/c19-16-10(3-4-11-2-1-5-23-11)6-14(28-16)17(26)24-12-7-13(20)18(27)25(8-12)9-15(21)22/h6-8,11,15,23H,1-2,5,9H2,(H,24,26). The van der Waals surface area contributed by atoms with Crippen LogP contribution in [-0.2, 0) is 6.54 Å². The number of thiophene rings is 1. The average molecular weight is 430 g/mol. The Morgan fingerprint density at radius 2 is 2.25 bits per heavy atom. The molecule has 148 valence electrons. The van der Waals surface area contributed by atoms with Crippen LogP contribution in [0.4, 0.5) is 18.9 Å². The number of hydrogen-bond acceptors (Lipinski definition) is 4. The van der Waals surface area contributed by atoms with E-state index in [4.69, 9.17) is 11.6 Å². The minimum atomic E-state index is -2.84. The maximum Gasteiger partial charge on any atom is 0.286 e. The summed E-state index contributed by atoms with van der Waals surface area (Å²) in [7, 11) is 0. The van der Waals surface area contributed by atoms with E-state index >= 15 is 0 Å². The van der Waals surface area contributed by atoms with Crippen LogP contribution in [0.25, 0.3) is 0 Å². The molecule has 0 radical (unpaired) electrons. The van der Waals surface area contributed by atoms with Crippen molar-refractivity contribution in [1.82, 2.24) is 9.88 Å². The van der Waals surface area contributed by atoms with Gasteiger partial charge < -0.3 is 15.2 Å². The van der Waals surface area contributed by atoms with Crippen molar-refractivity contribution in [3.8, 4) is 11.8 Å². The van der Waals surface area contributed by atoms with Crippen LogP contribution in [0.2, 0.25) is 4.34 Å². The van der Waals surface area contributed by atoms with Crippen molar-refractivity contribution in [1.29, 1.82) is 0 Å². The number of nitrogens with one attached hydrogen (secondary N) is 2. The molecule has 0 aromatic carbocycles. The summed E-state index contributed by atoms with van der Waals surface area (Å²) in [6.45, 7) is -0.0616. The fourth-order valence-corrected chi connectivity index (χ4v) is 3.77. The summed E-state index contributed by atoms with van der Waals surface area (Å²) >= 11 is 7.13. The smallest absolute Gasteiger partial charge is 0.286 e. The molecule has 1 saturated heterocycles. The van der Waals surface area contributed by atoms with Crippen molar-refractivity contribution in [2.45, 2.75) is 31.9 Å². The first-order valence-corrected chi connectivity index (χ1v) is 9.56. The third kappa shape index (κ3) is 4.95. The molecule has 2 N–H and O–H groups in total. The van der Waals surface area contributed by atoms with Crippen LogP contribution in [-0.4, -0.2) is 29.5 Å². The summed E-state index contributed by atoms with van der Waals surface area (Å²) in [6, 6.07) is 2.38. The monoisotopic (exact) mass is 429 g/mol. The molecule has 1 aliphatic rings. The molecule has 1 unspecified atom stereocenters. The number of pyridine rings is 1. The average Bonchev–Trinajstić information content (AvgIpc) is 3.26. The summed E-state index contributed by atoms with van der Waals surface area (Å²) in [6.07, 6.45) is 0.128. The predicted octanol–water partition coefficient (Wildman–Crippen LogP) is 3.32. The SMILES string of the molecule is O=C(Nc1cc(F)c(=O)n(CC(F)F)c1)c1cc(C#CC2CCCN2)c(Cl)s1. The lowest BCUT2D eigenvalue weighted by molar-refractivity contribution is 0.103. The molecule has 0 bridgehead atoms. The van der Waals surface area contributed by atoms with Crippen LogP contribution in [0, 0.1) is 17.7 Å². The number of aromatic nitrogens is 1. The van der Waals surface area contributed by atoms with Crippen molar-refractivity contribution < 1.29 is 18.0 Å². The Bertz CT molecular complexity index is 1000. The third-order valence-corrected chi connectivity index (χ3v) is 5.34. The number of amides is 1. The van der Waals surface area contributed by atoms with Gasteiger partial charge in [0.05, 0.1) is 28.7 Å². The van der Waals surface area contributed by atoms with Crippen molar-refractivity contribution in [3.05, 3.63) is 49.3 Å². The van der Waals surface area contributed by atoms with E-state index in [2.05, 4.69) is 22.5 Å². The number of anilines is 1. The topological polar surface area (TPSA) is 63.1 Å².